The molecule has 0 saturated heterocycles. The molecule has 6 heteroatoms. The van der Waals surface area contributed by atoms with E-state index in [1.165, 1.54) is 6.33 Å². The van der Waals surface area contributed by atoms with Crippen LogP contribution in [-0.2, 0) is 11.3 Å². The Kier molecular flexibility index (Phi) is 6.52. The molecule has 0 radical (unpaired) electrons. The number of rotatable bonds is 8. The number of aliphatic imine (C=N–C) groups is 1. The number of nitrogens with one attached hydrogen (secondary N) is 2. The summed E-state index contributed by atoms with van der Waals surface area (Å²) in [5.74, 6) is 0.708. The number of carbonyl (C=O) groups is 1. The zero-order valence-electron chi connectivity index (χ0n) is 17.3. The molecule has 146 valence electrons. The minimum absolute atomic E-state index is 0.0540. The number of amides is 1. The second kappa shape index (κ2) is 8.46. The van der Waals surface area contributed by atoms with Crippen molar-refractivity contribution in [3.63, 3.8) is 0 Å². The maximum Gasteiger partial charge on any atom is 0.251 e. The van der Waals surface area contributed by atoms with Gasteiger partial charge < -0.3 is 10.6 Å². The van der Waals surface area contributed by atoms with Gasteiger partial charge in [-0.05, 0) is 53.2 Å². The van der Waals surface area contributed by atoms with E-state index < -0.39 is 0 Å². The summed E-state index contributed by atoms with van der Waals surface area (Å²) in [7, 11) is 0. The molecule has 6 nitrogen and oxygen atoms in total. The molecule has 0 aromatic carbocycles. The van der Waals surface area contributed by atoms with E-state index in [9.17, 15) is 4.79 Å². The van der Waals surface area contributed by atoms with Gasteiger partial charge in [0.25, 0.3) is 5.91 Å². The third kappa shape index (κ3) is 5.25. The Morgan fingerprint density at radius 1 is 1.37 bits per heavy atom. The van der Waals surface area contributed by atoms with Gasteiger partial charge in [0.2, 0.25) is 0 Å². The molecule has 1 aliphatic rings. The topological polar surface area (TPSA) is 79.3 Å². The maximum atomic E-state index is 13.1. The summed E-state index contributed by atoms with van der Waals surface area (Å²) in [4.78, 5) is 25.5. The molecule has 0 atom stereocenters. The lowest BCUT2D eigenvalue weighted by molar-refractivity contribution is -0.117. The van der Waals surface area contributed by atoms with Crippen LogP contribution < -0.4 is 10.6 Å². The van der Waals surface area contributed by atoms with Crippen molar-refractivity contribution in [3.05, 3.63) is 46.3 Å². The first-order valence-electron chi connectivity index (χ1n) is 9.39. The average molecular weight is 370 g/mol. The van der Waals surface area contributed by atoms with E-state index in [-0.39, 0.29) is 17.4 Å². The van der Waals surface area contributed by atoms with Crippen LogP contribution in [0.5, 0.6) is 0 Å². The Hall–Kier alpha value is -2.50. The van der Waals surface area contributed by atoms with E-state index >= 15 is 0 Å². The third-order valence-electron chi connectivity index (χ3n) is 4.86. The van der Waals surface area contributed by atoms with Gasteiger partial charge >= 0.3 is 0 Å². The predicted octanol–water partition coefficient (Wildman–Crippen LogP) is 3.45. The van der Waals surface area contributed by atoms with Crippen LogP contribution in [0.15, 0.2) is 40.1 Å². The average Bonchev–Trinajstić information content (AvgIpc) is 3.33. The molecule has 2 rings (SSSR count). The molecule has 2 N–H and O–H groups in total. The van der Waals surface area contributed by atoms with Gasteiger partial charge in [-0.1, -0.05) is 19.4 Å². The zero-order valence-corrected chi connectivity index (χ0v) is 17.3. The normalized spacial score (nSPS) is 15.7. The van der Waals surface area contributed by atoms with Gasteiger partial charge in [0.15, 0.2) is 0 Å². The smallest absolute Gasteiger partial charge is 0.251 e. The van der Waals surface area contributed by atoms with Crippen LogP contribution >= 0.6 is 0 Å². The fourth-order valence-electron chi connectivity index (χ4n) is 2.95. The fourth-order valence-corrected chi connectivity index (χ4v) is 2.95. The molecule has 1 amide bonds. The van der Waals surface area contributed by atoms with Crippen molar-refractivity contribution >= 4 is 12.6 Å². The van der Waals surface area contributed by atoms with Crippen molar-refractivity contribution < 1.29 is 4.79 Å². The van der Waals surface area contributed by atoms with Gasteiger partial charge in [0.1, 0.15) is 12.1 Å². The van der Waals surface area contributed by atoms with Gasteiger partial charge in [-0.25, -0.2) is 15.0 Å². The molecule has 27 heavy (non-hydrogen) atoms. The molecule has 1 aliphatic carbocycles. The highest BCUT2D eigenvalue weighted by molar-refractivity contribution is 5.98. The summed E-state index contributed by atoms with van der Waals surface area (Å²) in [5, 5.41) is 6.50. The molecule has 0 bridgehead atoms. The summed E-state index contributed by atoms with van der Waals surface area (Å²) in [6.07, 6.45) is 5.44. The molecule has 0 spiro atoms. The highest BCUT2D eigenvalue weighted by Gasteiger charge is 2.38. The van der Waals surface area contributed by atoms with E-state index in [4.69, 9.17) is 0 Å². The number of aromatic nitrogens is 2. The van der Waals surface area contributed by atoms with Crippen LogP contribution in [0.3, 0.4) is 0 Å². The lowest BCUT2D eigenvalue weighted by Gasteiger charge is -2.23. The van der Waals surface area contributed by atoms with Crippen molar-refractivity contribution in [1.82, 2.24) is 20.6 Å². The van der Waals surface area contributed by atoms with E-state index in [1.54, 1.807) is 6.20 Å². The van der Waals surface area contributed by atoms with Gasteiger partial charge in [-0.15, -0.1) is 0 Å². The Balaban J connectivity index is 2.32. The van der Waals surface area contributed by atoms with Crippen molar-refractivity contribution in [3.8, 4) is 0 Å². The Labute approximate surface area is 162 Å². The Morgan fingerprint density at radius 3 is 2.52 bits per heavy atom. The first-order chi connectivity index (χ1) is 12.7. The highest BCUT2D eigenvalue weighted by Crippen LogP contribution is 2.37. The number of hydrogen-bond acceptors (Lipinski definition) is 5. The SMILES string of the molecule is C=N/C(NC1(C)CC1)=C(/C(C(=O)NCc1cncnc1C)=C(C)C)C(C)C. The molecule has 0 unspecified atom stereocenters. The van der Waals surface area contributed by atoms with Crippen LogP contribution in [0, 0.1) is 12.8 Å². The quantitative estimate of drug-likeness (QED) is 0.418. The Morgan fingerprint density at radius 2 is 2.04 bits per heavy atom. The second-order valence-electron chi connectivity index (χ2n) is 7.95. The number of nitrogens with zero attached hydrogens (tertiary/aromatic N) is 3. The summed E-state index contributed by atoms with van der Waals surface area (Å²) < 4.78 is 0. The number of hydrogen-bond donors (Lipinski definition) is 2. The molecule has 1 heterocycles. The first kappa shape index (κ1) is 20.8. The number of carbonyl (C=O) groups excluding carboxylic acids is 1. The van der Waals surface area contributed by atoms with Gasteiger partial charge in [-0.3, -0.25) is 4.79 Å². The number of allylic oxidation sites excluding steroid dienone is 1. The lowest BCUT2D eigenvalue weighted by Crippen LogP contribution is -2.32. The van der Waals surface area contributed by atoms with Crippen molar-refractivity contribution in [2.45, 2.75) is 66.5 Å². The molecule has 1 aromatic heterocycles. The van der Waals surface area contributed by atoms with E-state index in [1.807, 2.05) is 20.8 Å². The maximum absolute atomic E-state index is 13.1. The summed E-state index contributed by atoms with van der Waals surface area (Å²) in [5.41, 5.74) is 4.33. The minimum Gasteiger partial charge on any atom is -0.365 e. The third-order valence-corrected chi connectivity index (χ3v) is 4.86. The van der Waals surface area contributed by atoms with E-state index in [0.29, 0.717) is 17.9 Å². The van der Waals surface area contributed by atoms with Crippen LogP contribution in [-0.4, -0.2) is 28.1 Å². The highest BCUT2D eigenvalue weighted by atomic mass is 16.1. The van der Waals surface area contributed by atoms with Gasteiger partial charge in [0.05, 0.1) is 0 Å². The zero-order chi connectivity index (χ0) is 20.2. The van der Waals surface area contributed by atoms with E-state index in [2.05, 4.69) is 53.1 Å². The number of aryl methyl sites for hydroxylation is 1. The molecule has 1 fully saturated rings. The summed E-state index contributed by atoms with van der Waals surface area (Å²) >= 11 is 0. The molecule has 1 saturated carbocycles. The first-order valence-corrected chi connectivity index (χ1v) is 9.39. The summed E-state index contributed by atoms with van der Waals surface area (Å²) in [6.45, 7) is 16.2. The summed E-state index contributed by atoms with van der Waals surface area (Å²) in [6, 6.07) is 0. The second-order valence-corrected chi connectivity index (χ2v) is 7.95. The van der Waals surface area contributed by atoms with Crippen molar-refractivity contribution in [2.24, 2.45) is 10.9 Å². The fraction of sp³-hybridized carbons (Fsp3) is 0.524. The van der Waals surface area contributed by atoms with Crippen LogP contribution in [0.2, 0.25) is 0 Å². The minimum atomic E-state index is -0.120. The molecular weight excluding hydrogens is 338 g/mol. The van der Waals surface area contributed by atoms with Crippen molar-refractivity contribution in [1.29, 1.82) is 0 Å². The predicted molar refractivity (Wildman–Crippen MR) is 109 cm³/mol. The lowest BCUT2D eigenvalue weighted by atomic mass is 9.91. The van der Waals surface area contributed by atoms with Crippen LogP contribution in [0.25, 0.3) is 0 Å². The largest absolute Gasteiger partial charge is 0.365 e. The molecular formula is C21H31N5O. The molecule has 1 aromatic rings. The Bertz CT molecular complexity index is 784. The van der Waals surface area contributed by atoms with Gasteiger partial charge in [0, 0.05) is 40.7 Å². The van der Waals surface area contributed by atoms with Crippen molar-refractivity contribution in [2.75, 3.05) is 0 Å². The van der Waals surface area contributed by atoms with Gasteiger partial charge in [-0.2, -0.15) is 0 Å². The standard InChI is InChI=1S/C21H31N5O/c1-13(2)17(19(22-7)26-21(6)8-9-21)18(14(3)4)20(27)24-11-16-10-23-12-25-15(16)5/h10,12-13,26H,7-9,11H2,1-6H3,(H,24,27)/b19-17-. The van der Waals surface area contributed by atoms with E-state index in [0.717, 1.165) is 35.2 Å². The monoisotopic (exact) mass is 369 g/mol. The van der Waals surface area contributed by atoms with Crippen LogP contribution in [0.4, 0.5) is 0 Å². The molecule has 0 aliphatic heterocycles. The van der Waals surface area contributed by atoms with Crippen LogP contribution in [0.1, 0.15) is 58.7 Å².